The highest BCUT2D eigenvalue weighted by Crippen LogP contribution is 2.46. The number of methoxy groups -OCH3 is 3. The second-order valence-corrected chi connectivity index (χ2v) is 10.1. The Morgan fingerprint density at radius 3 is 2.37 bits per heavy atom. The summed E-state index contributed by atoms with van der Waals surface area (Å²) in [5.74, 6) is 1.19. The molecule has 9 heteroatoms. The maximum absolute atomic E-state index is 13.7. The van der Waals surface area contributed by atoms with Crippen LogP contribution in [0.5, 0.6) is 23.0 Å². The van der Waals surface area contributed by atoms with Crippen LogP contribution >= 0.6 is 0 Å². The van der Waals surface area contributed by atoms with Gasteiger partial charge in [-0.3, -0.25) is 4.90 Å². The molecule has 5 rings (SSSR count). The third-order valence-electron chi connectivity index (χ3n) is 6.71. The van der Waals surface area contributed by atoms with Gasteiger partial charge in [0.2, 0.25) is 0 Å². The van der Waals surface area contributed by atoms with E-state index in [9.17, 15) is 12.8 Å². The summed E-state index contributed by atoms with van der Waals surface area (Å²) in [6.07, 6.45) is 1.49. The standard InChI is InChI=1S/C26H26FNO6S/c1-31-23-8-7-16-11-22-20-14-25(33-3)24(32-2)12-17(20)9-10-28(22)15-21(16)26(23)34-35(29,30)19-6-4-5-18(27)13-19/h4-8,12-14,22H,9-11,15H2,1-3H3. The minimum Gasteiger partial charge on any atom is -0.493 e. The van der Waals surface area contributed by atoms with E-state index < -0.39 is 15.9 Å². The first-order valence-corrected chi connectivity index (χ1v) is 12.6. The smallest absolute Gasteiger partial charge is 0.339 e. The molecule has 184 valence electrons. The molecule has 2 heterocycles. The quantitative estimate of drug-likeness (QED) is 0.469. The van der Waals surface area contributed by atoms with E-state index >= 15 is 0 Å². The van der Waals surface area contributed by atoms with E-state index in [4.69, 9.17) is 18.4 Å². The number of benzene rings is 3. The fraction of sp³-hybridized carbons (Fsp3) is 0.308. The molecule has 2 aliphatic heterocycles. The van der Waals surface area contributed by atoms with Crippen molar-refractivity contribution in [1.82, 2.24) is 4.90 Å². The van der Waals surface area contributed by atoms with Gasteiger partial charge in [0.05, 0.1) is 21.3 Å². The molecule has 35 heavy (non-hydrogen) atoms. The molecule has 0 fully saturated rings. The van der Waals surface area contributed by atoms with E-state index in [1.165, 1.54) is 36.4 Å². The minimum atomic E-state index is -4.27. The highest BCUT2D eigenvalue weighted by atomic mass is 32.2. The molecule has 0 spiro atoms. The summed E-state index contributed by atoms with van der Waals surface area (Å²) in [6.45, 7) is 1.28. The number of nitrogens with zero attached hydrogens (tertiary/aromatic N) is 1. The molecule has 3 aromatic carbocycles. The number of halogens is 1. The average molecular weight is 500 g/mol. The SMILES string of the molecule is COc1cc2c(cc1OC)C1Cc3ccc(OC)c(OS(=O)(=O)c4cccc(F)c4)c3CN1CC2. The Bertz CT molecular complexity index is 1390. The van der Waals surface area contributed by atoms with Gasteiger partial charge in [0.15, 0.2) is 23.0 Å². The van der Waals surface area contributed by atoms with Gasteiger partial charge in [-0.05, 0) is 65.9 Å². The van der Waals surface area contributed by atoms with Crippen LogP contribution in [0.3, 0.4) is 0 Å². The zero-order valence-electron chi connectivity index (χ0n) is 19.7. The van der Waals surface area contributed by atoms with E-state index in [-0.39, 0.29) is 16.7 Å². The Labute approximate surface area is 204 Å². The minimum absolute atomic E-state index is 0.104. The third-order valence-corrected chi connectivity index (χ3v) is 7.92. The topological polar surface area (TPSA) is 74.3 Å². The van der Waals surface area contributed by atoms with Crippen LogP contribution in [-0.4, -0.2) is 41.2 Å². The zero-order valence-corrected chi connectivity index (χ0v) is 20.5. The molecule has 1 atom stereocenters. The van der Waals surface area contributed by atoms with E-state index in [0.29, 0.717) is 30.2 Å². The van der Waals surface area contributed by atoms with Gasteiger partial charge in [0.25, 0.3) is 0 Å². The van der Waals surface area contributed by atoms with Gasteiger partial charge < -0.3 is 18.4 Å². The van der Waals surface area contributed by atoms with E-state index in [0.717, 1.165) is 30.2 Å². The zero-order chi connectivity index (χ0) is 24.7. The Hall–Kier alpha value is -3.30. The molecule has 7 nitrogen and oxygen atoms in total. The van der Waals surface area contributed by atoms with E-state index in [2.05, 4.69) is 4.90 Å². The molecule has 1 unspecified atom stereocenters. The van der Waals surface area contributed by atoms with Crippen molar-refractivity contribution in [1.29, 1.82) is 0 Å². The van der Waals surface area contributed by atoms with Crippen LogP contribution in [0.2, 0.25) is 0 Å². The van der Waals surface area contributed by atoms with Crippen LogP contribution in [-0.2, 0) is 29.5 Å². The van der Waals surface area contributed by atoms with Crippen molar-refractivity contribution in [3.63, 3.8) is 0 Å². The van der Waals surface area contributed by atoms with Gasteiger partial charge in [0.1, 0.15) is 10.7 Å². The molecule has 0 bridgehead atoms. The van der Waals surface area contributed by atoms with Crippen LogP contribution in [0.25, 0.3) is 0 Å². The number of fused-ring (bicyclic) bond motifs is 4. The van der Waals surface area contributed by atoms with Gasteiger partial charge in [-0.1, -0.05) is 12.1 Å². The summed E-state index contributed by atoms with van der Waals surface area (Å²) in [5, 5.41) is 0. The van der Waals surface area contributed by atoms with E-state index in [1.54, 1.807) is 20.3 Å². The second-order valence-electron chi connectivity index (χ2n) is 8.58. The lowest BCUT2D eigenvalue weighted by Gasteiger charge is -2.42. The van der Waals surface area contributed by atoms with Crippen molar-refractivity contribution < 1.29 is 31.2 Å². The highest BCUT2D eigenvalue weighted by Gasteiger charge is 2.36. The Morgan fingerprint density at radius 1 is 0.914 bits per heavy atom. The summed E-state index contributed by atoms with van der Waals surface area (Å²) in [7, 11) is 0.448. The molecular weight excluding hydrogens is 473 g/mol. The van der Waals surface area contributed by atoms with Crippen molar-refractivity contribution in [2.24, 2.45) is 0 Å². The molecule has 0 saturated carbocycles. The number of ether oxygens (including phenoxy) is 3. The lowest BCUT2D eigenvalue weighted by Crippen LogP contribution is -2.39. The summed E-state index contributed by atoms with van der Waals surface area (Å²) >= 11 is 0. The average Bonchev–Trinajstić information content (AvgIpc) is 2.86. The number of rotatable bonds is 6. The molecular formula is C26H26FNO6S. The van der Waals surface area contributed by atoms with Crippen LogP contribution in [0.15, 0.2) is 53.4 Å². The van der Waals surface area contributed by atoms with Crippen molar-refractivity contribution >= 4 is 10.1 Å². The molecule has 0 N–H and O–H groups in total. The van der Waals surface area contributed by atoms with Crippen molar-refractivity contribution in [3.05, 3.63) is 76.6 Å². The van der Waals surface area contributed by atoms with Crippen LogP contribution < -0.4 is 18.4 Å². The first-order valence-electron chi connectivity index (χ1n) is 11.2. The Balaban J connectivity index is 1.54. The normalized spacial score (nSPS) is 17.1. The maximum atomic E-state index is 13.7. The fourth-order valence-corrected chi connectivity index (χ4v) is 5.96. The highest BCUT2D eigenvalue weighted by molar-refractivity contribution is 7.87. The van der Waals surface area contributed by atoms with Gasteiger partial charge in [-0.25, -0.2) is 4.39 Å². The first-order chi connectivity index (χ1) is 16.8. The number of hydrogen-bond acceptors (Lipinski definition) is 7. The molecule has 2 aliphatic rings. The predicted octanol–water partition coefficient (Wildman–Crippen LogP) is 4.27. The largest absolute Gasteiger partial charge is 0.493 e. The molecule has 0 amide bonds. The predicted molar refractivity (Wildman–Crippen MR) is 127 cm³/mol. The summed E-state index contributed by atoms with van der Waals surface area (Å²) in [5.41, 5.74) is 4.11. The summed E-state index contributed by atoms with van der Waals surface area (Å²) in [4.78, 5) is 2.05. The lowest BCUT2D eigenvalue weighted by atomic mass is 9.83. The molecule has 0 saturated heterocycles. The van der Waals surface area contributed by atoms with Gasteiger partial charge in [0, 0.05) is 24.7 Å². The summed E-state index contributed by atoms with van der Waals surface area (Å²) in [6, 6.07) is 12.6. The van der Waals surface area contributed by atoms with Crippen LogP contribution in [0.4, 0.5) is 4.39 Å². The maximum Gasteiger partial charge on any atom is 0.339 e. The second kappa shape index (κ2) is 9.05. The van der Waals surface area contributed by atoms with Crippen molar-refractivity contribution in [2.45, 2.75) is 30.3 Å². The monoisotopic (exact) mass is 499 g/mol. The first kappa shape index (κ1) is 23.4. The molecule has 0 aliphatic carbocycles. The van der Waals surface area contributed by atoms with Gasteiger partial charge >= 0.3 is 10.1 Å². The number of hydrogen-bond donors (Lipinski definition) is 0. The molecule has 0 aromatic heterocycles. The Morgan fingerprint density at radius 2 is 1.66 bits per heavy atom. The lowest BCUT2D eigenvalue weighted by molar-refractivity contribution is 0.158. The Kier molecular flexibility index (Phi) is 6.06. The van der Waals surface area contributed by atoms with Crippen LogP contribution in [0.1, 0.15) is 28.3 Å². The van der Waals surface area contributed by atoms with E-state index in [1.807, 2.05) is 18.2 Å². The molecule has 0 radical (unpaired) electrons. The molecule has 3 aromatic rings. The van der Waals surface area contributed by atoms with Gasteiger partial charge in [-0.2, -0.15) is 8.42 Å². The summed E-state index contributed by atoms with van der Waals surface area (Å²) < 4.78 is 61.8. The fourth-order valence-electron chi connectivity index (χ4n) is 4.96. The third kappa shape index (κ3) is 4.19. The van der Waals surface area contributed by atoms with Crippen molar-refractivity contribution in [2.75, 3.05) is 27.9 Å². The van der Waals surface area contributed by atoms with Crippen molar-refractivity contribution in [3.8, 4) is 23.0 Å². The van der Waals surface area contributed by atoms with Gasteiger partial charge in [-0.15, -0.1) is 0 Å². The van der Waals surface area contributed by atoms with Crippen LogP contribution in [0, 0.1) is 5.82 Å².